The van der Waals surface area contributed by atoms with Crippen LogP contribution in [0.3, 0.4) is 0 Å². The fourth-order valence-corrected chi connectivity index (χ4v) is 2.90. The molecule has 0 bridgehead atoms. The van der Waals surface area contributed by atoms with Gasteiger partial charge in [0.25, 0.3) is 0 Å². The van der Waals surface area contributed by atoms with Gasteiger partial charge in [-0.05, 0) is 66.3 Å². The lowest BCUT2D eigenvalue weighted by Crippen LogP contribution is -2.09. The fraction of sp³-hybridized carbons (Fsp3) is 0.278. The largest absolute Gasteiger partial charge is 0.469 e. The molecule has 0 aromatic heterocycles. The summed E-state index contributed by atoms with van der Waals surface area (Å²) in [7, 11) is 1.42. The highest BCUT2D eigenvalue weighted by molar-refractivity contribution is 6.30. The maximum atomic E-state index is 11.6. The molecule has 110 valence electrons. The van der Waals surface area contributed by atoms with Crippen LogP contribution in [-0.4, -0.2) is 13.1 Å². The summed E-state index contributed by atoms with van der Waals surface area (Å²) in [6.07, 6.45) is 0.301. The van der Waals surface area contributed by atoms with Crippen molar-refractivity contribution in [2.45, 2.75) is 27.2 Å². The third-order valence-electron chi connectivity index (χ3n) is 3.81. The molecule has 0 spiro atoms. The molecule has 3 heteroatoms. The van der Waals surface area contributed by atoms with E-state index in [1.807, 2.05) is 31.2 Å². The van der Waals surface area contributed by atoms with Gasteiger partial charge in [-0.15, -0.1) is 0 Å². The third kappa shape index (κ3) is 3.27. The highest BCUT2D eigenvalue weighted by Gasteiger charge is 2.15. The van der Waals surface area contributed by atoms with Crippen LogP contribution < -0.4 is 0 Å². The van der Waals surface area contributed by atoms with Crippen LogP contribution >= 0.6 is 11.6 Å². The molecule has 2 rings (SSSR count). The molecule has 0 heterocycles. The molecule has 0 atom stereocenters. The minimum atomic E-state index is -0.216. The van der Waals surface area contributed by atoms with Crippen LogP contribution in [0, 0.1) is 20.8 Å². The zero-order valence-corrected chi connectivity index (χ0v) is 13.5. The van der Waals surface area contributed by atoms with Gasteiger partial charge in [0.15, 0.2) is 0 Å². The monoisotopic (exact) mass is 302 g/mol. The zero-order valence-electron chi connectivity index (χ0n) is 12.8. The molecule has 0 saturated carbocycles. The summed E-state index contributed by atoms with van der Waals surface area (Å²) in [5.41, 5.74) is 6.75. The summed E-state index contributed by atoms with van der Waals surface area (Å²) in [6, 6.07) is 9.91. The predicted molar refractivity (Wildman–Crippen MR) is 86.8 cm³/mol. The van der Waals surface area contributed by atoms with E-state index in [4.69, 9.17) is 16.3 Å². The van der Waals surface area contributed by atoms with Gasteiger partial charge in [0, 0.05) is 5.02 Å². The number of methoxy groups -OCH3 is 1. The number of halogens is 1. The van der Waals surface area contributed by atoms with Gasteiger partial charge in [-0.2, -0.15) is 0 Å². The van der Waals surface area contributed by atoms with Gasteiger partial charge in [-0.3, -0.25) is 4.79 Å². The van der Waals surface area contributed by atoms with Crippen molar-refractivity contribution in [3.8, 4) is 11.1 Å². The Hall–Kier alpha value is -1.80. The summed E-state index contributed by atoms with van der Waals surface area (Å²) in [5.74, 6) is -0.216. The fourth-order valence-electron chi connectivity index (χ4n) is 2.78. The van der Waals surface area contributed by atoms with E-state index in [0.29, 0.717) is 6.42 Å². The molecule has 21 heavy (non-hydrogen) atoms. The van der Waals surface area contributed by atoms with Gasteiger partial charge >= 0.3 is 5.97 Å². The molecular formula is C18H19ClO2. The van der Waals surface area contributed by atoms with Crippen LogP contribution in [0.2, 0.25) is 5.02 Å². The molecule has 0 aliphatic carbocycles. The molecule has 0 fully saturated rings. The molecule has 0 unspecified atom stereocenters. The van der Waals surface area contributed by atoms with E-state index in [1.165, 1.54) is 12.7 Å². The Morgan fingerprint density at radius 2 is 1.71 bits per heavy atom. The second-order valence-corrected chi connectivity index (χ2v) is 5.69. The van der Waals surface area contributed by atoms with Crippen molar-refractivity contribution in [2.75, 3.05) is 7.11 Å². The highest BCUT2D eigenvalue weighted by Crippen LogP contribution is 2.32. The molecule has 2 aromatic rings. The lowest BCUT2D eigenvalue weighted by Gasteiger charge is -2.17. The second kappa shape index (κ2) is 6.31. The van der Waals surface area contributed by atoms with Crippen LogP contribution in [0.1, 0.15) is 22.3 Å². The Bertz CT molecular complexity index is 673. The van der Waals surface area contributed by atoms with Crippen molar-refractivity contribution in [3.63, 3.8) is 0 Å². The smallest absolute Gasteiger partial charge is 0.309 e. The minimum absolute atomic E-state index is 0.216. The second-order valence-electron chi connectivity index (χ2n) is 5.25. The molecule has 0 saturated heterocycles. The van der Waals surface area contributed by atoms with E-state index >= 15 is 0 Å². The number of esters is 1. The molecule has 0 radical (unpaired) electrons. The first-order valence-electron chi connectivity index (χ1n) is 6.86. The van der Waals surface area contributed by atoms with Gasteiger partial charge < -0.3 is 4.74 Å². The van der Waals surface area contributed by atoms with E-state index in [1.54, 1.807) is 0 Å². The topological polar surface area (TPSA) is 26.3 Å². The SMILES string of the molecule is COC(=O)Cc1c(C)cc(C)c(-c2ccc(Cl)cc2)c1C. The summed E-state index contributed by atoms with van der Waals surface area (Å²) < 4.78 is 4.80. The molecule has 2 aromatic carbocycles. The summed E-state index contributed by atoms with van der Waals surface area (Å²) in [5, 5.41) is 0.718. The first-order valence-corrected chi connectivity index (χ1v) is 7.24. The zero-order chi connectivity index (χ0) is 15.6. The minimum Gasteiger partial charge on any atom is -0.469 e. The highest BCUT2D eigenvalue weighted by atomic mass is 35.5. The maximum Gasteiger partial charge on any atom is 0.309 e. The average molecular weight is 303 g/mol. The van der Waals surface area contributed by atoms with Gasteiger partial charge in [0.05, 0.1) is 13.5 Å². The number of hydrogen-bond donors (Lipinski definition) is 0. The first-order chi connectivity index (χ1) is 9.93. The first kappa shape index (κ1) is 15.6. The third-order valence-corrected chi connectivity index (χ3v) is 4.06. The Balaban J connectivity index is 2.58. The number of rotatable bonds is 3. The average Bonchev–Trinajstić information content (AvgIpc) is 2.45. The van der Waals surface area contributed by atoms with Crippen molar-refractivity contribution in [1.82, 2.24) is 0 Å². The number of hydrogen-bond acceptors (Lipinski definition) is 2. The van der Waals surface area contributed by atoms with Crippen LogP contribution in [-0.2, 0) is 16.0 Å². The lowest BCUT2D eigenvalue weighted by atomic mass is 9.88. The Labute approximate surface area is 130 Å². The van der Waals surface area contributed by atoms with Gasteiger partial charge in [-0.1, -0.05) is 29.8 Å². The van der Waals surface area contributed by atoms with Crippen molar-refractivity contribution >= 4 is 17.6 Å². The van der Waals surface area contributed by atoms with Crippen LogP contribution in [0.5, 0.6) is 0 Å². The van der Waals surface area contributed by atoms with E-state index in [0.717, 1.165) is 32.8 Å². The summed E-state index contributed by atoms with van der Waals surface area (Å²) in [6.45, 7) is 6.18. The summed E-state index contributed by atoms with van der Waals surface area (Å²) >= 11 is 5.96. The molecule has 0 N–H and O–H groups in total. The van der Waals surface area contributed by atoms with Crippen LogP contribution in [0.25, 0.3) is 11.1 Å². The number of carbonyl (C=O) groups is 1. The van der Waals surface area contributed by atoms with Crippen molar-refractivity contribution in [1.29, 1.82) is 0 Å². The van der Waals surface area contributed by atoms with Gasteiger partial charge in [0.2, 0.25) is 0 Å². The standard InChI is InChI=1S/C18H19ClO2/c1-11-9-12(2)18(14-5-7-15(19)8-6-14)13(3)16(11)10-17(20)21-4/h5-9H,10H2,1-4H3. The van der Waals surface area contributed by atoms with E-state index in [9.17, 15) is 4.79 Å². The Morgan fingerprint density at radius 3 is 2.29 bits per heavy atom. The Morgan fingerprint density at radius 1 is 1.10 bits per heavy atom. The van der Waals surface area contributed by atoms with E-state index < -0.39 is 0 Å². The molecule has 0 amide bonds. The van der Waals surface area contributed by atoms with Crippen molar-refractivity contribution < 1.29 is 9.53 Å². The summed E-state index contributed by atoms with van der Waals surface area (Å²) in [4.78, 5) is 11.6. The molecule has 0 aliphatic rings. The quantitative estimate of drug-likeness (QED) is 0.772. The van der Waals surface area contributed by atoms with Crippen LogP contribution in [0.15, 0.2) is 30.3 Å². The predicted octanol–water partition coefficient (Wildman–Crippen LogP) is 4.65. The van der Waals surface area contributed by atoms with Crippen molar-refractivity contribution in [2.24, 2.45) is 0 Å². The van der Waals surface area contributed by atoms with E-state index in [-0.39, 0.29) is 5.97 Å². The lowest BCUT2D eigenvalue weighted by molar-refractivity contribution is -0.139. The number of benzene rings is 2. The number of ether oxygens (including phenoxy) is 1. The number of carbonyl (C=O) groups excluding carboxylic acids is 1. The van der Waals surface area contributed by atoms with Gasteiger partial charge in [-0.25, -0.2) is 0 Å². The normalized spacial score (nSPS) is 10.5. The van der Waals surface area contributed by atoms with Crippen molar-refractivity contribution in [3.05, 3.63) is 57.6 Å². The Kier molecular flexibility index (Phi) is 4.69. The molecule has 2 nitrogen and oxygen atoms in total. The molecular weight excluding hydrogens is 284 g/mol. The maximum absolute atomic E-state index is 11.6. The van der Waals surface area contributed by atoms with Crippen LogP contribution in [0.4, 0.5) is 0 Å². The van der Waals surface area contributed by atoms with E-state index in [2.05, 4.69) is 19.9 Å². The molecule has 0 aliphatic heterocycles. The number of aryl methyl sites for hydroxylation is 2. The van der Waals surface area contributed by atoms with Gasteiger partial charge in [0.1, 0.15) is 0 Å².